The Morgan fingerprint density at radius 1 is 1.06 bits per heavy atom. The Balaban J connectivity index is 1.45. The monoisotopic (exact) mass is 489 g/mol. The molecule has 1 aliphatic carbocycles. The third-order valence-electron chi connectivity index (χ3n) is 7.18. The molecule has 6 N–H and O–H groups in total. The van der Waals surface area contributed by atoms with Crippen LogP contribution >= 0.6 is 0 Å². The van der Waals surface area contributed by atoms with Crippen LogP contribution in [0, 0.1) is 28.9 Å². The first kappa shape index (κ1) is 25.5. The predicted molar refractivity (Wildman–Crippen MR) is 144 cm³/mol. The van der Waals surface area contributed by atoms with Crippen molar-refractivity contribution in [2.24, 2.45) is 23.3 Å². The summed E-state index contributed by atoms with van der Waals surface area (Å²) in [5, 5.41) is 18.0. The van der Waals surface area contributed by atoms with E-state index < -0.39 is 4.92 Å². The first-order valence-corrected chi connectivity index (χ1v) is 12.6. The molecule has 36 heavy (non-hydrogen) atoms. The molecule has 9 nitrogen and oxygen atoms in total. The highest BCUT2D eigenvalue weighted by Gasteiger charge is 2.22. The molecule has 1 fully saturated rings. The van der Waals surface area contributed by atoms with Gasteiger partial charge in [-0.25, -0.2) is 4.98 Å². The molecular formula is C27H35N7O2. The van der Waals surface area contributed by atoms with Gasteiger partial charge in [0.05, 0.1) is 4.92 Å². The number of nitro groups is 1. The van der Waals surface area contributed by atoms with Gasteiger partial charge in [-0.2, -0.15) is 4.98 Å². The van der Waals surface area contributed by atoms with Gasteiger partial charge in [-0.05, 0) is 84.9 Å². The summed E-state index contributed by atoms with van der Waals surface area (Å²) in [4.78, 5) is 19.7. The van der Waals surface area contributed by atoms with Gasteiger partial charge in [0.25, 0.3) is 0 Å². The number of rotatable bonds is 10. The highest BCUT2D eigenvalue weighted by atomic mass is 16.6. The summed E-state index contributed by atoms with van der Waals surface area (Å²) in [5.41, 5.74) is 17.1. The second-order valence-electron chi connectivity index (χ2n) is 9.54. The zero-order valence-electron chi connectivity index (χ0n) is 20.7. The van der Waals surface area contributed by atoms with Gasteiger partial charge in [0, 0.05) is 19.6 Å². The van der Waals surface area contributed by atoms with Gasteiger partial charge in [-0.1, -0.05) is 36.4 Å². The van der Waals surface area contributed by atoms with Gasteiger partial charge in [0.15, 0.2) is 0 Å². The molecule has 2 aromatic carbocycles. The largest absolute Gasteiger partial charge is 0.364 e. The predicted octanol–water partition coefficient (Wildman–Crippen LogP) is 4.61. The molecule has 0 unspecified atom stereocenters. The average Bonchev–Trinajstić information content (AvgIpc) is 2.91. The maximum Gasteiger partial charge on any atom is 0.329 e. The van der Waals surface area contributed by atoms with Crippen molar-refractivity contribution in [2.45, 2.75) is 45.7 Å². The van der Waals surface area contributed by atoms with E-state index in [1.54, 1.807) is 0 Å². The van der Waals surface area contributed by atoms with Gasteiger partial charge >= 0.3 is 5.69 Å². The van der Waals surface area contributed by atoms with Crippen molar-refractivity contribution in [1.82, 2.24) is 9.97 Å². The second-order valence-corrected chi connectivity index (χ2v) is 9.54. The van der Waals surface area contributed by atoms with Gasteiger partial charge in [0.1, 0.15) is 6.20 Å². The van der Waals surface area contributed by atoms with Crippen molar-refractivity contribution >= 4 is 17.5 Å². The standard InChI is InChI=1S/C27H35N7O2/c1-18-23(6-3-7-24(18)22-5-2-4-21(12-22)14-29)16-31-27-32-17-25(34(35)36)26(33-27)30-15-20-10-8-19(13-28)9-11-20/h2-7,12,17,19-20H,8-11,13-16,28-29H2,1H3,(H2,30,31,32,33). The lowest BCUT2D eigenvalue weighted by atomic mass is 9.82. The van der Waals surface area contributed by atoms with Crippen LogP contribution in [0.4, 0.5) is 17.5 Å². The fourth-order valence-corrected chi connectivity index (χ4v) is 4.86. The van der Waals surface area contributed by atoms with Crippen LogP contribution in [0.1, 0.15) is 42.4 Å². The molecule has 0 saturated heterocycles. The SMILES string of the molecule is Cc1c(CNc2ncc([N+](=O)[O-])c(NCC3CCC(CN)CC3)n2)cccc1-c1cccc(CN)c1. The number of hydrogen-bond donors (Lipinski definition) is 4. The van der Waals surface area contributed by atoms with E-state index in [-0.39, 0.29) is 11.5 Å². The molecule has 190 valence electrons. The smallest absolute Gasteiger partial charge is 0.329 e. The average molecular weight is 490 g/mol. The topological polar surface area (TPSA) is 145 Å². The first-order valence-electron chi connectivity index (χ1n) is 12.6. The molecule has 1 saturated carbocycles. The highest BCUT2D eigenvalue weighted by Crippen LogP contribution is 2.30. The van der Waals surface area contributed by atoms with Crippen LogP contribution in [0.5, 0.6) is 0 Å². The summed E-state index contributed by atoms with van der Waals surface area (Å²) in [6.45, 7) is 4.46. The highest BCUT2D eigenvalue weighted by molar-refractivity contribution is 5.69. The van der Waals surface area contributed by atoms with Crippen LogP contribution in [0.25, 0.3) is 11.1 Å². The summed E-state index contributed by atoms with van der Waals surface area (Å²) in [7, 11) is 0. The van der Waals surface area contributed by atoms with Gasteiger partial charge < -0.3 is 22.1 Å². The third kappa shape index (κ3) is 6.16. The van der Waals surface area contributed by atoms with Crippen LogP contribution in [0.15, 0.2) is 48.7 Å². The molecule has 9 heteroatoms. The Bertz CT molecular complexity index is 1190. The summed E-state index contributed by atoms with van der Waals surface area (Å²) >= 11 is 0. The molecule has 4 rings (SSSR count). The fourth-order valence-electron chi connectivity index (χ4n) is 4.86. The summed E-state index contributed by atoms with van der Waals surface area (Å²) in [6.07, 6.45) is 5.63. The molecule has 1 heterocycles. The van der Waals surface area contributed by atoms with Crippen LogP contribution in [-0.4, -0.2) is 28.0 Å². The molecule has 0 radical (unpaired) electrons. The molecule has 0 spiro atoms. The zero-order chi connectivity index (χ0) is 25.5. The van der Waals surface area contributed by atoms with Crippen LogP contribution < -0.4 is 22.1 Å². The fraction of sp³-hybridized carbons (Fsp3) is 0.407. The Hall–Kier alpha value is -3.56. The first-order chi connectivity index (χ1) is 17.5. The minimum Gasteiger partial charge on any atom is -0.364 e. The lowest BCUT2D eigenvalue weighted by Crippen LogP contribution is -2.25. The summed E-state index contributed by atoms with van der Waals surface area (Å²) in [6, 6.07) is 14.4. The van der Waals surface area contributed by atoms with Gasteiger partial charge in [0.2, 0.25) is 11.8 Å². The van der Waals surface area contributed by atoms with Crippen molar-refractivity contribution in [2.75, 3.05) is 23.7 Å². The maximum atomic E-state index is 11.6. The minimum atomic E-state index is -0.444. The number of nitrogens with one attached hydrogen (secondary N) is 2. The molecule has 1 aliphatic rings. The van der Waals surface area contributed by atoms with Crippen molar-refractivity contribution in [3.63, 3.8) is 0 Å². The van der Waals surface area contributed by atoms with E-state index in [9.17, 15) is 10.1 Å². The van der Waals surface area contributed by atoms with E-state index in [0.29, 0.717) is 37.4 Å². The van der Waals surface area contributed by atoms with Crippen LogP contribution in [-0.2, 0) is 13.1 Å². The number of benzene rings is 2. The lowest BCUT2D eigenvalue weighted by molar-refractivity contribution is -0.384. The maximum absolute atomic E-state index is 11.6. The molecule has 3 aromatic rings. The molecule has 0 bridgehead atoms. The summed E-state index contributed by atoms with van der Waals surface area (Å²) < 4.78 is 0. The Morgan fingerprint density at radius 2 is 1.81 bits per heavy atom. The van der Waals surface area contributed by atoms with E-state index in [1.807, 2.05) is 18.2 Å². The minimum absolute atomic E-state index is 0.117. The van der Waals surface area contributed by atoms with Crippen LogP contribution in [0.2, 0.25) is 0 Å². The number of hydrogen-bond acceptors (Lipinski definition) is 8. The van der Waals surface area contributed by atoms with E-state index in [4.69, 9.17) is 11.5 Å². The van der Waals surface area contributed by atoms with E-state index in [2.05, 4.69) is 51.8 Å². The molecule has 1 aromatic heterocycles. The zero-order valence-corrected chi connectivity index (χ0v) is 20.7. The van der Waals surface area contributed by atoms with Crippen molar-refractivity contribution in [3.05, 3.63) is 75.5 Å². The van der Waals surface area contributed by atoms with Crippen molar-refractivity contribution < 1.29 is 4.92 Å². The van der Waals surface area contributed by atoms with E-state index >= 15 is 0 Å². The molecule has 0 aliphatic heterocycles. The normalized spacial score (nSPS) is 17.5. The number of aromatic nitrogens is 2. The molecule has 0 amide bonds. The summed E-state index contributed by atoms with van der Waals surface area (Å²) in [5.74, 6) is 1.66. The second kappa shape index (κ2) is 11.9. The van der Waals surface area contributed by atoms with Gasteiger partial charge in [-0.3, -0.25) is 10.1 Å². The lowest BCUT2D eigenvalue weighted by Gasteiger charge is -2.27. The Kier molecular flexibility index (Phi) is 8.45. The van der Waals surface area contributed by atoms with Crippen molar-refractivity contribution in [1.29, 1.82) is 0 Å². The van der Waals surface area contributed by atoms with Gasteiger partial charge in [-0.15, -0.1) is 0 Å². The number of nitrogens with zero attached hydrogens (tertiary/aromatic N) is 3. The Morgan fingerprint density at radius 3 is 2.53 bits per heavy atom. The number of nitrogens with two attached hydrogens (primary N) is 2. The quantitative estimate of drug-likeness (QED) is 0.239. The third-order valence-corrected chi connectivity index (χ3v) is 7.18. The van der Waals surface area contributed by atoms with E-state index in [1.165, 1.54) is 6.20 Å². The van der Waals surface area contributed by atoms with E-state index in [0.717, 1.165) is 60.0 Å². The van der Waals surface area contributed by atoms with Crippen molar-refractivity contribution in [3.8, 4) is 11.1 Å². The Labute approximate surface area is 211 Å². The molecular weight excluding hydrogens is 454 g/mol. The van der Waals surface area contributed by atoms with Crippen LogP contribution in [0.3, 0.4) is 0 Å². The number of anilines is 2. The molecule has 0 atom stereocenters.